The molecule has 2 amide bonds. The number of fused-ring (bicyclic) bond motifs is 2. The van der Waals surface area contributed by atoms with E-state index in [1.807, 2.05) is 35.2 Å². The maximum Gasteiger partial charge on any atom is 0.352 e. The number of nitro groups is 1. The molecule has 168 valence electrons. The number of H-pyrrole nitrogens is 1. The van der Waals surface area contributed by atoms with Gasteiger partial charge >= 0.3 is 11.6 Å². The number of rotatable bonds is 3. The Labute approximate surface area is 185 Å². The van der Waals surface area contributed by atoms with Gasteiger partial charge in [-0.2, -0.15) is 0 Å². The van der Waals surface area contributed by atoms with E-state index in [2.05, 4.69) is 4.98 Å². The summed E-state index contributed by atoms with van der Waals surface area (Å²) in [6, 6.07) is 9.64. The number of nitrogens with zero attached hydrogens (tertiary/aromatic N) is 4. The van der Waals surface area contributed by atoms with Gasteiger partial charge in [0.15, 0.2) is 0 Å². The minimum absolute atomic E-state index is 0.0113. The average molecular weight is 438 g/mol. The second-order valence-corrected chi connectivity index (χ2v) is 8.91. The fourth-order valence-electron chi connectivity index (χ4n) is 5.56. The Bertz CT molecular complexity index is 1080. The van der Waals surface area contributed by atoms with Gasteiger partial charge in [0.25, 0.3) is 5.91 Å². The van der Waals surface area contributed by atoms with Crippen LogP contribution in [0, 0.1) is 16.0 Å². The van der Waals surface area contributed by atoms with Crippen molar-refractivity contribution in [2.75, 3.05) is 33.2 Å². The number of piperazine rings is 1. The minimum atomic E-state index is -0.513. The normalized spacial score (nSPS) is 24.2. The van der Waals surface area contributed by atoms with Crippen LogP contribution in [0.25, 0.3) is 10.9 Å². The molecule has 2 atom stereocenters. The van der Waals surface area contributed by atoms with E-state index < -0.39 is 10.8 Å². The molecule has 0 bridgehead atoms. The first-order valence-corrected chi connectivity index (χ1v) is 11.2. The highest BCUT2D eigenvalue weighted by molar-refractivity contribution is 5.98. The third kappa shape index (κ3) is 3.32. The third-order valence-electron chi connectivity index (χ3n) is 7.19. The van der Waals surface area contributed by atoms with Gasteiger partial charge in [-0.3, -0.25) is 19.7 Å². The molecule has 1 aromatic carbocycles. The number of hydrogen-bond acceptors (Lipinski definition) is 5. The van der Waals surface area contributed by atoms with Crippen molar-refractivity contribution in [3.8, 4) is 0 Å². The molecule has 2 aliphatic heterocycles. The quantitative estimate of drug-likeness (QED) is 0.587. The first-order chi connectivity index (χ1) is 15.5. The molecule has 1 N–H and O–H groups in total. The molecule has 2 aromatic rings. The molecule has 9 nitrogen and oxygen atoms in total. The number of hydrogen-bond donors (Lipinski definition) is 1. The van der Waals surface area contributed by atoms with E-state index in [0.717, 1.165) is 36.6 Å². The summed E-state index contributed by atoms with van der Waals surface area (Å²) in [5.74, 6) is -0.577. The Balaban J connectivity index is 1.37. The van der Waals surface area contributed by atoms with Gasteiger partial charge in [-0.05, 0) is 25.0 Å². The summed E-state index contributed by atoms with van der Waals surface area (Å²) in [4.78, 5) is 45.8. The zero-order valence-corrected chi connectivity index (χ0v) is 18.1. The SMILES string of the molecule is CN1C(=O)C([N+](=O)[O-])=C(N2CCN(C(=O)c3cc4ccccc4[nH]3)CC2)C2CCCCC21. The molecule has 0 radical (unpaired) electrons. The van der Waals surface area contributed by atoms with E-state index in [-0.39, 0.29) is 23.6 Å². The monoisotopic (exact) mass is 437 g/mol. The van der Waals surface area contributed by atoms with Gasteiger partial charge in [-0.25, -0.2) is 0 Å². The third-order valence-corrected chi connectivity index (χ3v) is 7.19. The van der Waals surface area contributed by atoms with Gasteiger partial charge in [-0.1, -0.05) is 31.0 Å². The van der Waals surface area contributed by atoms with E-state index in [9.17, 15) is 19.7 Å². The number of carbonyl (C=O) groups excluding carboxylic acids is 2. The van der Waals surface area contributed by atoms with Gasteiger partial charge in [0, 0.05) is 56.1 Å². The van der Waals surface area contributed by atoms with Gasteiger partial charge in [0.05, 0.1) is 4.92 Å². The molecule has 1 saturated heterocycles. The lowest BCUT2D eigenvalue weighted by Gasteiger charge is -2.46. The van der Waals surface area contributed by atoms with Crippen molar-refractivity contribution in [3.05, 3.63) is 57.5 Å². The van der Waals surface area contributed by atoms with Crippen molar-refractivity contribution in [2.45, 2.75) is 31.7 Å². The van der Waals surface area contributed by atoms with Crippen LogP contribution < -0.4 is 0 Å². The number of aromatic nitrogens is 1. The second kappa shape index (κ2) is 7.96. The Morgan fingerprint density at radius 3 is 2.56 bits per heavy atom. The molecule has 9 heteroatoms. The van der Waals surface area contributed by atoms with Crippen molar-refractivity contribution in [2.24, 2.45) is 5.92 Å². The molecule has 0 spiro atoms. The standard InChI is InChI=1S/C23H27N5O4/c1-25-19-9-5-3-7-16(19)20(21(23(25)30)28(31)32)26-10-12-27(13-11-26)22(29)18-14-15-6-2-4-8-17(15)24-18/h2,4,6,8,14,16,19,24H,3,5,7,9-13H2,1H3. The zero-order chi connectivity index (χ0) is 22.4. The Hall–Kier alpha value is -3.36. The summed E-state index contributed by atoms with van der Waals surface area (Å²) >= 11 is 0. The fourth-order valence-corrected chi connectivity index (χ4v) is 5.56. The van der Waals surface area contributed by atoms with E-state index >= 15 is 0 Å². The van der Waals surface area contributed by atoms with Gasteiger partial charge in [0.1, 0.15) is 11.4 Å². The first kappa shape index (κ1) is 20.5. The fraction of sp³-hybridized carbons (Fsp3) is 0.478. The van der Waals surface area contributed by atoms with Crippen LogP contribution in [0.2, 0.25) is 0 Å². The van der Waals surface area contributed by atoms with Crippen molar-refractivity contribution < 1.29 is 14.5 Å². The van der Waals surface area contributed by atoms with Gasteiger partial charge in [0.2, 0.25) is 0 Å². The molecule has 32 heavy (non-hydrogen) atoms. The highest BCUT2D eigenvalue weighted by atomic mass is 16.6. The number of carbonyl (C=O) groups is 2. The molecule has 1 aliphatic carbocycles. The van der Waals surface area contributed by atoms with Crippen molar-refractivity contribution in [3.63, 3.8) is 0 Å². The van der Waals surface area contributed by atoms with Crippen LogP contribution in [0.4, 0.5) is 0 Å². The second-order valence-electron chi connectivity index (χ2n) is 8.91. The molecule has 2 fully saturated rings. The van der Waals surface area contributed by atoms with Crippen LogP contribution in [0.15, 0.2) is 41.7 Å². The lowest BCUT2D eigenvalue weighted by atomic mass is 9.78. The predicted molar refractivity (Wildman–Crippen MR) is 118 cm³/mol. The van der Waals surface area contributed by atoms with Crippen molar-refractivity contribution in [1.29, 1.82) is 0 Å². The van der Waals surface area contributed by atoms with Crippen molar-refractivity contribution in [1.82, 2.24) is 19.7 Å². The number of nitrogens with one attached hydrogen (secondary N) is 1. The number of benzene rings is 1. The summed E-state index contributed by atoms with van der Waals surface area (Å²) in [5, 5.41) is 12.9. The molecular weight excluding hydrogens is 410 g/mol. The largest absolute Gasteiger partial charge is 0.365 e. The Morgan fingerprint density at radius 1 is 1.12 bits per heavy atom. The Morgan fingerprint density at radius 2 is 1.84 bits per heavy atom. The van der Waals surface area contributed by atoms with E-state index in [1.54, 1.807) is 16.8 Å². The summed E-state index contributed by atoms with van der Waals surface area (Å²) in [5.41, 5.74) is 1.77. The van der Waals surface area contributed by atoms with E-state index in [0.29, 0.717) is 37.6 Å². The minimum Gasteiger partial charge on any atom is -0.365 e. The van der Waals surface area contributed by atoms with Crippen LogP contribution in [0.1, 0.15) is 36.2 Å². The lowest BCUT2D eigenvalue weighted by Crippen LogP contribution is -2.56. The number of amides is 2. The molecule has 1 aromatic heterocycles. The summed E-state index contributed by atoms with van der Waals surface area (Å²) in [7, 11) is 1.68. The van der Waals surface area contributed by atoms with Crippen LogP contribution >= 0.6 is 0 Å². The summed E-state index contributed by atoms with van der Waals surface area (Å²) < 4.78 is 0. The summed E-state index contributed by atoms with van der Waals surface area (Å²) in [6.07, 6.45) is 3.77. The topological polar surface area (TPSA) is 103 Å². The first-order valence-electron chi connectivity index (χ1n) is 11.2. The van der Waals surface area contributed by atoms with E-state index in [4.69, 9.17) is 0 Å². The van der Waals surface area contributed by atoms with Crippen LogP contribution in [0.5, 0.6) is 0 Å². The molecule has 2 unspecified atom stereocenters. The molecule has 3 aliphatic rings. The van der Waals surface area contributed by atoms with Crippen LogP contribution in [-0.2, 0) is 4.79 Å². The van der Waals surface area contributed by atoms with Crippen LogP contribution in [0.3, 0.4) is 0 Å². The Kier molecular flexibility index (Phi) is 5.11. The summed E-state index contributed by atoms with van der Waals surface area (Å²) in [6.45, 7) is 1.89. The number of likely N-dealkylation sites (N-methyl/N-ethyl adjacent to an activating group) is 1. The highest BCUT2D eigenvalue weighted by Crippen LogP contribution is 2.40. The smallest absolute Gasteiger partial charge is 0.352 e. The van der Waals surface area contributed by atoms with Gasteiger partial charge < -0.3 is 19.7 Å². The average Bonchev–Trinajstić information content (AvgIpc) is 3.25. The maximum absolute atomic E-state index is 13.0. The van der Waals surface area contributed by atoms with Gasteiger partial charge in [-0.15, -0.1) is 0 Å². The molecular formula is C23H27N5O4. The zero-order valence-electron chi connectivity index (χ0n) is 18.1. The van der Waals surface area contributed by atoms with Crippen LogP contribution in [-0.4, -0.2) is 75.7 Å². The lowest BCUT2D eigenvalue weighted by molar-refractivity contribution is -0.424. The number of aromatic amines is 1. The molecule has 5 rings (SSSR count). The maximum atomic E-state index is 13.0. The van der Waals surface area contributed by atoms with E-state index in [1.165, 1.54) is 0 Å². The molecule has 1 saturated carbocycles. The highest BCUT2D eigenvalue weighted by Gasteiger charge is 2.48. The number of para-hydroxylation sites is 1. The van der Waals surface area contributed by atoms with Crippen molar-refractivity contribution >= 4 is 22.7 Å². The predicted octanol–water partition coefficient (Wildman–Crippen LogP) is 2.44. The molecule has 3 heterocycles.